The molecule has 0 saturated carbocycles. The van der Waals surface area contributed by atoms with Gasteiger partial charge < -0.3 is 10.5 Å². The standard InChI is InChI=1S/C11H15NO3S/c1-2-16(13,14)10-6-5-9-8(11(10)12)4-3-7-15-9/h5-6H,2-4,7,12H2,1H3. The molecule has 0 fully saturated rings. The summed E-state index contributed by atoms with van der Waals surface area (Å²) in [5, 5.41) is 0. The number of nitrogens with two attached hydrogens (primary N) is 1. The van der Waals surface area contributed by atoms with E-state index in [2.05, 4.69) is 0 Å². The van der Waals surface area contributed by atoms with Gasteiger partial charge in [0.05, 0.1) is 22.9 Å². The maximum atomic E-state index is 11.8. The first-order valence-electron chi connectivity index (χ1n) is 5.33. The van der Waals surface area contributed by atoms with Crippen molar-refractivity contribution in [3.05, 3.63) is 17.7 Å². The lowest BCUT2D eigenvalue weighted by atomic mass is 10.0. The van der Waals surface area contributed by atoms with E-state index in [-0.39, 0.29) is 10.6 Å². The molecule has 0 radical (unpaired) electrons. The van der Waals surface area contributed by atoms with E-state index in [1.165, 1.54) is 0 Å². The van der Waals surface area contributed by atoms with Crippen LogP contribution in [0.25, 0.3) is 0 Å². The second kappa shape index (κ2) is 3.97. The molecule has 88 valence electrons. The van der Waals surface area contributed by atoms with E-state index in [0.29, 0.717) is 12.3 Å². The zero-order valence-corrected chi connectivity index (χ0v) is 10.0. The van der Waals surface area contributed by atoms with Crippen molar-refractivity contribution in [3.63, 3.8) is 0 Å². The Kier molecular flexibility index (Phi) is 2.80. The number of rotatable bonds is 2. The van der Waals surface area contributed by atoms with Crippen molar-refractivity contribution in [1.82, 2.24) is 0 Å². The Morgan fingerprint density at radius 1 is 1.44 bits per heavy atom. The Balaban J connectivity index is 2.59. The molecular formula is C11H15NO3S. The molecule has 2 rings (SSSR count). The molecule has 0 aliphatic carbocycles. The fourth-order valence-electron chi connectivity index (χ4n) is 1.87. The smallest absolute Gasteiger partial charge is 0.180 e. The lowest BCUT2D eigenvalue weighted by molar-refractivity contribution is 0.288. The van der Waals surface area contributed by atoms with Crippen LogP contribution in [0.5, 0.6) is 5.75 Å². The monoisotopic (exact) mass is 241 g/mol. The summed E-state index contributed by atoms with van der Waals surface area (Å²) < 4.78 is 29.0. The maximum absolute atomic E-state index is 11.8. The van der Waals surface area contributed by atoms with Gasteiger partial charge in [-0.3, -0.25) is 0 Å². The summed E-state index contributed by atoms with van der Waals surface area (Å²) in [6.07, 6.45) is 1.67. The van der Waals surface area contributed by atoms with Crippen LogP contribution in [0, 0.1) is 0 Å². The van der Waals surface area contributed by atoms with Crippen LogP contribution < -0.4 is 10.5 Å². The molecule has 1 aromatic carbocycles. The minimum Gasteiger partial charge on any atom is -0.493 e. The van der Waals surface area contributed by atoms with Gasteiger partial charge >= 0.3 is 0 Å². The van der Waals surface area contributed by atoms with Crippen LogP contribution in [-0.2, 0) is 16.3 Å². The average Bonchev–Trinajstić information content (AvgIpc) is 2.29. The number of benzene rings is 1. The van der Waals surface area contributed by atoms with Crippen LogP contribution in [0.15, 0.2) is 17.0 Å². The summed E-state index contributed by atoms with van der Waals surface area (Å²) in [7, 11) is -3.24. The normalized spacial score (nSPS) is 15.3. The minimum atomic E-state index is -3.24. The molecular weight excluding hydrogens is 226 g/mol. The first kappa shape index (κ1) is 11.3. The average molecular weight is 241 g/mol. The predicted octanol–water partition coefficient (Wildman–Crippen LogP) is 1.39. The predicted molar refractivity (Wildman–Crippen MR) is 62.4 cm³/mol. The lowest BCUT2D eigenvalue weighted by Crippen LogP contribution is -2.14. The van der Waals surface area contributed by atoms with Crippen molar-refractivity contribution in [3.8, 4) is 5.75 Å². The summed E-state index contributed by atoms with van der Waals surface area (Å²) >= 11 is 0. The van der Waals surface area contributed by atoms with Crippen LogP contribution >= 0.6 is 0 Å². The van der Waals surface area contributed by atoms with E-state index in [0.717, 1.165) is 24.2 Å². The molecule has 0 aromatic heterocycles. The summed E-state index contributed by atoms with van der Waals surface area (Å²) in [4.78, 5) is 0.235. The first-order chi connectivity index (χ1) is 7.56. The van der Waals surface area contributed by atoms with Crippen LogP contribution in [0.1, 0.15) is 18.9 Å². The van der Waals surface area contributed by atoms with Crippen molar-refractivity contribution in [2.45, 2.75) is 24.7 Å². The first-order valence-corrected chi connectivity index (χ1v) is 6.98. The summed E-state index contributed by atoms with van der Waals surface area (Å²) in [6.45, 7) is 2.29. The van der Waals surface area contributed by atoms with E-state index < -0.39 is 9.84 Å². The van der Waals surface area contributed by atoms with Crippen molar-refractivity contribution in [2.24, 2.45) is 0 Å². The van der Waals surface area contributed by atoms with E-state index in [4.69, 9.17) is 10.5 Å². The van der Waals surface area contributed by atoms with Gasteiger partial charge in [0, 0.05) is 5.56 Å². The van der Waals surface area contributed by atoms with E-state index >= 15 is 0 Å². The van der Waals surface area contributed by atoms with Crippen molar-refractivity contribution < 1.29 is 13.2 Å². The molecule has 2 N–H and O–H groups in total. The van der Waals surface area contributed by atoms with Gasteiger partial charge in [-0.25, -0.2) is 8.42 Å². The molecule has 0 bridgehead atoms. The van der Waals surface area contributed by atoms with Crippen LogP contribution in [0.4, 0.5) is 5.69 Å². The molecule has 1 aliphatic heterocycles. The highest BCUT2D eigenvalue weighted by Gasteiger charge is 2.21. The van der Waals surface area contributed by atoms with Crippen molar-refractivity contribution >= 4 is 15.5 Å². The second-order valence-corrected chi connectivity index (χ2v) is 6.06. The third kappa shape index (κ3) is 1.75. The van der Waals surface area contributed by atoms with E-state index in [9.17, 15) is 8.42 Å². The number of hydrogen-bond donors (Lipinski definition) is 1. The summed E-state index contributed by atoms with van der Waals surface area (Å²) in [6, 6.07) is 3.24. The summed E-state index contributed by atoms with van der Waals surface area (Å²) in [5.74, 6) is 0.787. The molecule has 0 saturated heterocycles. The SMILES string of the molecule is CCS(=O)(=O)c1ccc2c(c1N)CCCO2. The zero-order chi connectivity index (χ0) is 11.8. The molecule has 16 heavy (non-hydrogen) atoms. The Hall–Kier alpha value is -1.23. The van der Waals surface area contributed by atoms with Gasteiger partial charge in [-0.1, -0.05) is 6.92 Å². The number of anilines is 1. The van der Waals surface area contributed by atoms with E-state index in [1.807, 2.05) is 0 Å². The third-order valence-electron chi connectivity index (χ3n) is 2.82. The molecule has 0 unspecified atom stereocenters. The third-order valence-corrected chi connectivity index (χ3v) is 4.60. The zero-order valence-electron chi connectivity index (χ0n) is 9.19. The Bertz CT molecular complexity index is 508. The van der Waals surface area contributed by atoms with Gasteiger partial charge in [-0.15, -0.1) is 0 Å². The fourth-order valence-corrected chi connectivity index (χ4v) is 2.92. The highest BCUT2D eigenvalue weighted by Crippen LogP contribution is 2.34. The molecule has 4 nitrogen and oxygen atoms in total. The highest BCUT2D eigenvalue weighted by molar-refractivity contribution is 7.91. The number of sulfone groups is 1. The van der Waals surface area contributed by atoms with Gasteiger partial charge in [-0.2, -0.15) is 0 Å². The van der Waals surface area contributed by atoms with Crippen molar-refractivity contribution in [2.75, 3.05) is 18.1 Å². The van der Waals surface area contributed by atoms with Gasteiger partial charge in [0.1, 0.15) is 5.75 Å². The quantitative estimate of drug-likeness (QED) is 0.794. The fraction of sp³-hybridized carbons (Fsp3) is 0.455. The summed E-state index contributed by atoms with van der Waals surface area (Å²) in [5.41, 5.74) is 7.10. The molecule has 0 spiro atoms. The largest absolute Gasteiger partial charge is 0.493 e. The Morgan fingerprint density at radius 2 is 2.19 bits per heavy atom. The molecule has 0 atom stereocenters. The number of ether oxygens (including phenoxy) is 1. The molecule has 1 heterocycles. The molecule has 1 aliphatic rings. The van der Waals surface area contributed by atoms with Gasteiger partial charge in [0.15, 0.2) is 9.84 Å². The molecule has 5 heteroatoms. The molecule has 1 aromatic rings. The van der Waals surface area contributed by atoms with Crippen molar-refractivity contribution in [1.29, 1.82) is 0 Å². The number of fused-ring (bicyclic) bond motifs is 1. The highest BCUT2D eigenvalue weighted by atomic mass is 32.2. The lowest BCUT2D eigenvalue weighted by Gasteiger charge is -2.20. The maximum Gasteiger partial charge on any atom is 0.180 e. The topological polar surface area (TPSA) is 69.4 Å². The van der Waals surface area contributed by atoms with Crippen LogP contribution in [-0.4, -0.2) is 20.8 Å². The second-order valence-electron chi connectivity index (χ2n) is 3.81. The Morgan fingerprint density at radius 3 is 2.88 bits per heavy atom. The van der Waals surface area contributed by atoms with Gasteiger partial charge in [0.2, 0.25) is 0 Å². The van der Waals surface area contributed by atoms with E-state index in [1.54, 1.807) is 19.1 Å². The van der Waals surface area contributed by atoms with Crippen LogP contribution in [0.3, 0.4) is 0 Å². The number of nitrogen functional groups attached to an aromatic ring is 1. The number of hydrogen-bond acceptors (Lipinski definition) is 4. The Labute approximate surface area is 95.3 Å². The van der Waals surface area contributed by atoms with Crippen LogP contribution in [0.2, 0.25) is 0 Å². The van der Waals surface area contributed by atoms with Gasteiger partial charge in [-0.05, 0) is 25.0 Å². The van der Waals surface area contributed by atoms with Gasteiger partial charge in [0.25, 0.3) is 0 Å². The molecule has 0 amide bonds. The minimum absolute atomic E-state index is 0.0663.